The summed E-state index contributed by atoms with van der Waals surface area (Å²) in [5.41, 5.74) is 2.91. The fourth-order valence-electron chi connectivity index (χ4n) is 2.25. The highest BCUT2D eigenvalue weighted by Gasteiger charge is 2.15. The predicted octanol–water partition coefficient (Wildman–Crippen LogP) is 4.88. The van der Waals surface area contributed by atoms with E-state index in [0.717, 1.165) is 27.8 Å². The average molecular weight is 410 g/mol. The van der Waals surface area contributed by atoms with Gasteiger partial charge in [-0.3, -0.25) is 4.79 Å². The number of anilines is 1. The van der Waals surface area contributed by atoms with Crippen LogP contribution in [-0.4, -0.2) is 18.5 Å². The van der Waals surface area contributed by atoms with E-state index < -0.39 is 5.97 Å². The fourth-order valence-corrected chi connectivity index (χ4v) is 3.81. The van der Waals surface area contributed by atoms with Crippen molar-refractivity contribution in [1.29, 1.82) is 0 Å². The smallest absolute Gasteiger partial charge is 0.348 e. The summed E-state index contributed by atoms with van der Waals surface area (Å²) in [6.07, 6.45) is 1.97. The van der Waals surface area contributed by atoms with E-state index in [1.807, 2.05) is 32.0 Å². The molecule has 0 radical (unpaired) electrons. The van der Waals surface area contributed by atoms with Crippen LogP contribution in [0.5, 0.6) is 0 Å². The molecule has 0 unspecified atom stereocenters. The minimum atomic E-state index is -0.455. The number of amides is 1. The summed E-state index contributed by atoms with van der Waals surface area (Å²) in [6, 6.07) is 7.47. The highest BCUT2D eigenvalue weighted by molar-refractivity contribution is 9.10. The van der Waals surface area contributed by atoms with Gasteiger partial charge in [-0.15, -0.1) is 11.3 Å². The normalized spacial score (nSPS) is 10.5. The number of benzene rings is 1. The Kier molecular flexibility index (Phi) is 6.57. The molecule has 0 atom stereocenters. The van der Waals surface area contributed by atoms with E-state index in [1.165, 1.54) is 16.9 Å². The number of thiophene rings is 1. The second-order valence-electron chi connectivity index (χ2n) is 5.55. The SMILES string of the molecule is CCCc1cc(C(=O)OCC(=O)Nc2ccc(C)cc2Br)sc1C. The highest BCUT2D eigenvalue weighted by Crippen LogP contribution is 2.24. The number of hydrogen-bond acceptors (Lipinski definition) is 4. The zero-order chi connectivity index (χ0) is 17.7. The van der Waals surface area contributed by atoms with Crippen LogP contribution in [0.25, 0.3) is 0 Å². The lowest BCUT2D eigenvalue weighted by atomic mass is 10.1. The number of rotatable bonds is 6. The molecule has 1 N–H and O–H groups in total. The van der Waals surface area contributed by atoms with E-state index in [9.17, 15) is 9.59 Å². The molecule has 0 spiro atoms. The van der Waals surface area contributed by atoms with Gasteiger partial charge in [-0.05, 0) is 65.5 Å². The molecule has 0 aliphatic heterocycles. The molecule has 128 valence electrons. The molecule has 0 saturated heterocycles. The van der Waals surface area contributed by atoms with Crippen LogP contribution in [-0.2, 0) is 16.0 Å². The third kappa shape index (κ3) is 4.92. The lowest BCUT2D eigenvalue weighted by molar-refractivity contribution is -0.119. The number of nitrogens with one attached hydrogen (secondary N) is 1. The van der Waals surface area contributed by atoms with E-state index >= 15 is 0 Å². The van der Waals surface area contributed by atoms with Gasteiger partial charge in [0.05, 0.1) is 5.69 Å². The molecule has 2 rings (SSSR count). The number of aryl methyl sites for hydroxylation is 3. The molecule has 6 heteroatoms. The van der Waals surface area contributed by atoms with Gasteiger partial charge < -0.3 is 10.1 Å². The number of ether oxygens (including phenoxy) is 1. The topological polar surface area (TPSA) is 55.4 Å². The van der Waals surface area contributed by atoms with Gasteiger partial charge in [-0.25, -0.2) is 4.79 Å². The van der Waals surface area contributed by atoms with Crippen molar-refractivity contribution >= 4 is 44.8 Å². The molecule has 0 bridgehead atoms. The number of hydrogen-bond donors (Lipinski definition) is 1. The van der Waals surface area contributed by atoms with Crippen molar-refractivity contribution in [2.24, 2.45) is 0 Å². The molecule has 0 fully saturated rings. The minimum Gasteiger partial charge on any atom is -0.451 e. The van der Waals surface area contributed by atoms with Crippen LogP contribution in [0.15, 0.2) is 28.7 Å². The van der Waals surface area contributed by atoms with Crippen molar-refractivity contribution < 1.29 is 14.3 Å². The zero-order valence-corrected chi connectivity index (χ0v) is 16.3. The van der Waals surface area contributed by atoms with E-state index in [2.05, 4.69) is 28.2 Å². The first-order chi connectivity index (χ1) is 11.4. The molecular formula is C18H20BrNO3S. The molecule has 0 saturated carbocycles. The van der Waals surface area contributed by atoms with E-state index in [0.29, 0.717) is 10.6 Å². The summed E-state index contributed by atoms with van der Waals surface area (Å²) in [5.74, 6) is -0.821. The van der Waals surface area contributed by atoms with Gasteiger partial charge in [0.25, 0.3) is 5.91 Å². The van der Waals surface area contributed by atoms with E-state index in [1.54, 1.807) is 6.07 Å². The number of esters is 1. The van der Waals surface area contributed by atoms with Crippen LogP contribution in [0.3, 0.4) is 0 Å². The van der Waals surface area contributed by atoms with Crippen LogP contribution >= 0.6 is 27.3 Å². The van der Waals surface area contributed by atoms with Crippen LogP contribution in [0, 0.1) is 13.8 Å². The van der Waals surface area contributed by atoms with Gasteiger partial charge in [-0.1, -0.05) is 19.4 Å². The van der Waals surface area contributed by atoms with Gasteiger partial charge in [-0.2, -0.15) is 0 Å². The van der Waals surface area contributed by atoms with Crippen molar-refractivity contribution in [2.75, 3.05) is 11.9 Å². The van der Waals surface area contributed by atoms with Crippen molar-refractivity contribution in [3.8, 4) is 0 Å². The first-order valence-corrected chi connectivity index (χ1v) is 9.34. The van der Waals surface area contributed by atoms with Crippen LogP contribution in [0.1, 0.15) is 39.0 Å². The summed E-state index contributed by atoms with van der Waals surface area (Å²) in [4.78, 5) is 25.7. The predicted molar refractivity (Wildman–Crippen MR) is 101 cm³/mol. The van der Waals surface area contributed by atoms with Gasteiger partial charge in [0.15, 0.2) is 6.61 Å². The monoisotopic (exact) mass is 409 g/mol. The zero-order valence-electron chi connectivity index (χ0n) is 13.9. The molecule has 24 heavy (non-hydrogen) atoms. The Morgan fingerprint density at radius 1 is 1.25 bits per heavy atom. The van der Waals surface area contributed by atoms with Crippen molar-refractivity contribution in [2.45, 2.75) is 33.6 Å². The molecule has 0 aliphatic carbocycles. The maximum atomic E-state index is 12.1. The fraction of sp³-hybridized carbons (Fsp3) is 0.333. The Bertz CT molecular complexity index is 755. The van der Waals surface area contributed by atoms with Crippen LogP contribution in [0.4, 0.5) is 5.69 Å². The molecule has 0 aliphatic rings. The number of carbonyl (C=O) groups excluding carboxylic acids is 2. The summed E-state index contributed by atoms with van der Waals surface area (Å²) < 4.78 is 5.91. The maximum absolute atomic E-state index is 12.1. The van der Waals surface area contributed by atoms with Crippen LogP contribution in [0.2, 0.25) is 0 Å². The minimum absolute atomic E-state index is 0.306. The quantitative estimate of drug-likeness (QED) is 0.691. The first-order valence-electron chi connectivity index (χ1n) is 7.73. The second kappa shape index (κ2) is 8.44. The standard InChI is InChI=1S/C18H20BrNO3S/c1-4-5-13-9-16(24-12(13)3)18(22)23-10-17(21)20-15-7-6-11(2)8-14(15)19/h6-9H,4-5,10H2,1-3H3,(H,20,21). The Morgan fingerprint density at radius 2 is 2.00 bits per heavy atom. The third-order valence-electron chi connectivity index (χ3n) is 3.47. The third-order valence-corrected chi connectivity index (χ3v) is 5.20. The highest BCUT2D eigenvalue weighted by atomic mass is 79.9. The van der Waals surface area contributed by atoms with Gasteiger partial charge in [0.1, 0.15) is 4.88 Å². The molecule has 1 aromatic heterocycles. The van der Waals surface area contributed by atoms with Crippen molar-refractivity contribution in [1.82, 2.24) is 0 Å². The number of halogens is 1. The summed E-state index contributed by atoms with van der Waals surface area (Å²) >= 11 is 4.81. The molecular weight excluding hydrogens is 390 g/mol. The largest absolute Gasteiger partial charge is 0.451 e. The lowest BCUT2D eigenvalue weighted by Gasteiger charge is -2.08. The van der Waals surface area contributed by atoms with E-state index in [-0.39, 0.29) is 12.5 Å². The summed E-state index contributed by atoms with van der Waals surface area (Å²) in [5, 5.41) is 2.72. The van der Waals surface area contributed by atoms with Gasteiger partial charge >= 0.3 is 5.97 Å². The van der Waals surface area contributed by atoms with E-state index in [4.69, 9.17) is 4.74 Å². The maximum Gasteiger partial charge on any atom is 0.348 e. The molecule has 2 aromatic rings. The molecule has 1 aromatic carbocycles. The Labute approximate surface area is 154 Å². The van der Waals surface area contributed by atoms with Crippen LogP contribution < -0.4 is 5.32 Å². The Morgan fingerprint density at radius 3 is 2.67 bits per heavy atom. The Balaban J connectivity index is 1.91. The van der Waals surface area contributed by atoms with Gasteiger partial charge in [0, 0.05) is 9.35 Å². The summed E-state index contributed by atoms with van der Waals surface area (Å²) in [6.45, 7) is 5.75. The van der Waals surface area contributed by atoms with Crippen molar-refractivity contribution in [3.05, 3.63) is 49.6 Å². The molecule has 1 amide bonds. The molecule has 4 nitrogen and oxygen atoms in total. The average Bonchev–Trinajstić information content (AvgIpc) is 2.89. The Hall–Kier alpha value is -1.66. The van der Waals surface area contributed by atoms with Crippen molar-refractivity contribution in [3.63, 3.8) is 0 Å². The number of carbonyl (C=O) groups is 2. The summed E-state index contributed by atoms with van der Waals surface area (Å²) in [7, 11) is 0. The molecule has 1 heterocycles. The second-order valence-corrected chi connectivity index (χ2v) is 7.66. The first kappa shape index (κ1) is 18.7. The van der Waals surface area contributed by atoms with Gasteiger partial charge in [0.2, 0.25) is 0 Å². The lowest BCUT2D eigenvalue weighted by Crippen LogP contribution is -2.20.